The largest absolute Gasteiger partial charge is 0.0613 e. The smallest absolute Gasteiger partial charge is 0.000557 e. The third kappa shape index (κ3) is 1.09. The van der Waals surface area contributed by atoms with Crippen molar-refractivity contribution in [1.29, 1.82) is 0 Å². The third-order valence-electron chi connectivity index (χ3n) is 5.17. The zero-order valence-corrected chi connectivity index (χ0v) is 11.4. The van der Waals surface area contributed by atoms with E-state index in [-0.39, 0.29) is 10.8 Å². The monoisotopic (exact) mass is 224 g/mol. The Morgan fingerprint density at radius 1 is 0.765 bits per heavy atom. The molecule has 0 aromatic heterocycles. The molecule has 0 radical (unpaired) electrons. The summed E-state index contributed by atoms with van der Waals surface area (Å²) in [6.45, 7) is 11.7. The van der Waals surface area contributed by atoms with Gasteiger partial charge >= 0.3 is 0 Å². The minimum Gasteiger partial charge on any atom is -0.0613 e. The number of hydrogen-bond acceptors (Lipinski definition) is 0. The third-order valence-corrected chi connectivity index (χ3v) is 5.17. The van der Waals surface area contributed by atoms with Crippen molar-refractivity contribution in [3.05, 3.63) is 47.0 Å². The number of aryl methyl sites for hydroxylation is 1. The molecule has 0 amide bonds. The van der Waals surface area contributed by atoms with Crippen molar-refractivity contribution in [2.24, 2.45) is 0 Å². The zero-order valence-electron chi connectivity index (χ0n) is 11.4. The van der Waals surface area contributed by atoms with Crippen LogP contribution in [0.15, 0.2) is 30.3 Å². The van der Waals surface area contributed by atoms with E-state index in [1.54, 1.807) is 0 Å². The van der Waals surface area contributed by atoms with Gasteiger partial charge < -0.3 is 0 Å². The molecule has 2 aromatic rings. The molecule has 88 valence electrons. The van der Waals surface area contributed by atoms with E-state index in [1.807, 2.05) is 0 Å². The van der Waals surface area contributed by atoms with E-state index in [2.05, 4.69) is 65.0 Å². The van der Waals surface area contributed by atoms with Crippen LogP contribution in [0.5, 0.6) is 0 Å². The van der Waals surface area contributed by atoms with Gasteiger partial charge in [-0.3, -0.25) is 0 Å². The average molecular weight is 224 g/mol. The highest BCUT2D eigenvalue weighted by molar-refractivity contribution is 5.95. The summed E-state index contributed by atoms with van der Waals surface area (Å²) >= 11 is 0. The summed E-state index contributed by atoms with van der Waals surface area (Å²) < 4.78 is 0. The second kappa shape index (κ2) is 2.93. The van der Waals surface area contributed by atoms with Gasteiger partial charge in [-0.15, -0.1) is 0 Å². The lowest BCUT2D eigenvalue weighted by molar-refractivity contribution is 0.322. The molecule has 0 saturated carbocycles. The highest BCUT2D eigenvalue weighted by atomic mass is 14.5. The van der Waals surface area contributed by atoms with Crippen molar-refractivity contribution in [3.8, 4) is 0 Å². The molecule has 1 aliphatic carbocycles. The zero-order chi connectivity index (χ0) is 12.4. The molecule has 0 heterocycles. The van der Waals surface area contributed by atoms with Crippen LogP contribution in [0.2, 0.25) is 0 Å². The fourth-order valence-corrected chi connectivity index (χ4v) is 3.27. The molecular formula is C17H20. The lowest BCUT2D eigenvalue weighted by Crippen LogP contribution is -2.35. The summed E-state index contributed by atoms with van der Waals surface area (Å²) in [6, 6.07) is 11.4. The molecule has 0 saturated heterocycles. The molecular weight excluding hydrogens is 204 g/mol. The van der Waals surface area contributed by atoms with Crippen LogP contribution in [0.1, 0.15) is 44.4 Å². The van der Waals surface area contributed by atoms with Crippen molar-refractivity contribution >= 4 is 10.8 Å². The van der Waals surface area contributed by atoms with Gasteiger partial charge in [-0.25, -0.2) is 0 Å². The predicted molar refractivity (Wildman–Crippen MR) is 74.7 cm³/mol. The summed E-state index contributed by atoms with van der Waals surface area (Å²) in [5.41, 5.74) is 4.84. The molecule has 0 bridgehead atoms. The molecule has 3 rings (SSSR count). The summed E-state index contributed by atoms with van der Waals surface area (Å²) in [4.78, 5) is 0. The van der Waals surface area contributed by atoms with Gasteiger partial charge in [0.1, 0.15) is 0 Å². The number of benzene rings is 2. The minimum absolute atomic E-state index is 0.211. The van der Waals surface area contributed by atoms with E-state index in [1.165, 1.54) is 27.5 Å². The number of rotatable bonds is 0. The van der Waals surface area contributed by atoms with Crippen LogP contribution >= 0.6 is 0 Å². The first kappa shape index (κ1) is 10.8. The second-order valence-corrected chi connectivity index (χ2v) is 6.41. The fourth-order valence-electron chi connectivity index (χ4n) is 3.27. The highest BCUT2D eigenvalue weighted by Gasteiger charge is 2.46. The Balaban J connectivity index is 2.56. The molecule has 0 N–H and O–H groups in total. The summed E-state index contributed by atoms with van der Waals surface area (Å²) in [7, 11) is 0. The van der Waals surface area contributed by atoms with E-state index < -0.39 is 0 Å². The fraction of sp³-hybridized carbons (Fsp3) is 0.412. The van der Waals surface area contributed by atoms with Crippen LogP contribution in [0.25, 0.3) is 10.8 Å². The Morgan fingerprint density at radius 3 is 2.00 bits per heavy atom. The van der Waals surface area contributed by atoms with Crippen LogP contribution in [-0.2, 0) is 10.8 Å². The maximum Gasteiger partial charge on any atom is -0.000557 e. The first-order valence-electron chi connectivity index (χ1n) is 6.40. The van der Waals surface area contributed by atoms with Gasteiger partial charge in [0.2, 0.25) is 0 Å². The Bertz CT molecular complexity index is 595. The average Bonchev–Trinajstić information content (AvgIpc) is 2.42. The first-order valence-corrected chi connectivity index (χ1v) is 6.40. The van der Waals surface area contributed by atoms with E-state index in [9.17, 15) is 0 Å². The quantitative estimate of drug-likeness (QED) is 0.607. The van der Waals surface area contributed by atoms with E-state index in [4.69, 9.17) is 0 Å². The van der Waals surface area contributed by atoms with Crippen LogP contribution in [0.3, 0.4) is 0 Å². The van der Waals surface area contributed by atoms with Gasteiger partial charge in [0.25, 0.3) is 0 Å². The van der Waals surface area contributed by atoms with Crippen molar-refractivity contribution < 1.29 is 0 Å². The summed E-state index contributed by atoms with van der Waals surface area (Å²) in [5, 5.41) is 2.93. The molecule has 0 atom stereocenters. The molecule has 0 fully saturated rings. The number of hydrogen-bond donors (Lipinski definition) is 0. The molecule has 1 aliphatic rings. The predicted octanol–water partition coefficient (Wildman–Crippen LogP) is 4.72. The molecule has 0 unspecified atom stereocenters. The van der Waals surface area contributed by atoms with Crippen molar-refractivity contribution in [2.45, 2.75) is 45.4 Å². The molecule has 17 heavy (non-hydrogen) atoms. The topological polar surface area (TPSA) is 0 Å². The van der Waals surface area contributed by atoms with Gasteiger partial charge in [0.15, 0.2) is 0 Å². The SMILES string of the molecule is Cc1ccc2c3c(cccc13)C(C)(C)C2(C)C. The van der Waals surface area contributed by atoms with Crippen molar-refractivity contribution in [1.82, 2.24) is 0 Å². The molecule has 2 aromatic carbocycles. The maximum absolute atomic E-state index is 2.37. The minimum atomic E-state index is 0.211. The van der Waals surface area contributed by atoms with Crippen LogP contribution in [-0.4, -0.2) is 0 Å². The molecule has 0 spiro atoms. The second-order valence-electron chi connectivity index (χ2n) is 6.41. The van der Waals surface area contributed by atoms with Gasteiger partial charge in [0.05, 0.1) is 0 Å². The first-order chi connectivity index (χ1) is 7.87. The Morgan fingerprint density at radius 2 is 1.35 bits per heavy atom. The van der Waals surface area contributed by atoms with Gasteiger partial charge in [-0.1, -0.05) is 58.0 Å². The lowest BCUT2D eigenvalue weighted by atomic mass is 9.66. The highest BCUT2D eigenvalue weighted by Crippen LogP contribution is 2.54. The maximum atomic E-state index is 2.37. The molecule has 0 heteroatoms. The van der Waals surface area contributed by atoms with Gasteiger partial charge in [0, 0.05) is 0 Å². The summed E-state index contributed by atoms with van der Waals surface area (Å²) in [6.07, 6.45) is 0. The van der Waals surface area contributed by atoms with Gasteiger partial charge in [-0.05, 0) is 45.2 Å². The normalized spacial score (nSPS) is 19.8. The van der Waals surface area contributed by atoms with Crippen LogP contribution in [0, 0.1) is 6.92 Å². The molecule has 0 nitrogen and oxygen atoms in total. The standard InChI is InChI=1S/C17H20/c1-11-9-10-14-15-12(11)7-6-8-13(15)16(2,3)17(14,4)5/h6-10H,1-5H3. The van der Waals surface area contributed by atoms with Crippen molar-refractivity contribution in [3.63, 3.8) is 0 Å². The summed E-state index contributed by atoms with van der Waals surface area (Å²) in [5.74, 6) is 0. The van der Waals surface area contributed by atoms with Crippen LogP contribution < -0.4 is 0 Å². The lowest BCUT2D eigenvalue weighted by Gasteiger charge is -2.37. The van der Waals surface area contributed by atoms with Gasteiger partial charge in [-0.2, -0.15) is 0 Å². The Labute approximate surface area is 104 Å². The molecule has 0 aliphatic heterocycles. The van der Waals surface area contributed by atoms with E-state index in [0.717, 1.165) is 0 Å². The Kier molecular flexibility index (Phi) is 1.86. The Hall–Kier alpha value is -1.30. The van der Waals surface area contributed by atoms with E-state index in [0.29, 0.717) is 0 Å². The van der Waals surface area contributed by atoms with Crippen LogP contribution in [0.4, 0.5) is 0 Å². The van der Waals surface area contributed by atoms with E-state index >= 15 is 0 Å². The van der Waals surface area contributed by atoms with Crippen molar-refractivity contribution in [2.75, 3.05) is 0 Å².